The largest absolute Gasteiger partial charge is 0.378 e. The standard InChI is InChI=1S/C33H31IN4O3S/c1-22(31(39)35-26-16-14-25(34)15-17-26)42-29-11-7-10-27(21-29)36-33(41)30(37-32(40)24-8-5-4-6-9-24)20-23-12-18-28(19-13-23)38(2)3/h4-22H,1-3H3,(H,35,39)(H,36,41)(H,37,40)/b30-20+. The molecule has 3 amide bonds. The Morgan fingerprint density at radius 3 is 2.17 bits per heavy atom. The highest BCUT2D eigenvalue weighted by molar-refractivity contribution is 14.1. The zero-order valence-corrected chi connectivity index (χ0v) is 26.4. The molecule has 214 valence electrons. The van der Waals surface area contributed by atoms with E-state index in [9.17, 15) is 14.4 Å². The normalized spacial score (nSPS) is 11.8. The number of anilines is 3. The number of nitrogens with zero attached hydrogens (tertiary/aromatic N) is 1. The van der Waals surface area contributed by atoms with Gasteiger partial charge in [-0.05, 0) is 108 Å². The van der Waals surface area contributed by atoms with Crippen molar-refractivity contribution in [2.75, 3.05) is 29.6 Å². The van der Waals surface area contributed by atoms with Crippen LogP contribution in [0.4, 0.5) is 17.1 Å². The fourth-order valence-electron chi connectivity index (χ4n) is 3.86. The Morgan fingerprint density at radius 2 is 1.50 bits per heavy atom. The second-order valence-electron chi connectivity index (χ2n) is 9.60. The monoisotopic (exact) mass is 690 g/mol. The quantitative estimate of drug-likeness (QED) is 0.0959. The molecule has 9 heteroatoms. The fourth-order valence-corrected chi connectivity index (χ4v) is 5.14. The first kappa shape index (κ1) is 30.9. The molecule has 4 aromatic carbocycles. The minimum absolute atomic E-state index is 0.102. The highest BCUT2D eigenvalue weighted by atomic mass is 127. The minimum Gasteiger partial charge on any atom is -0.378 e. The lowest BCUT2D eigenvalue weighted by Gasteiger charge is -2.15. The lowest BCUT2D eigenvalue weighted by atomic mass is 10.1. The van der Waals surface area contributed by atoms with E-state index in [1.165, 1.54) is 11.8 Å². The molecule has 42 heavy (non-hydrogen) atoms. The zero-order chi connectivity index (χ0) is 30.1. The molecule has 0 bridgehead atoms. The van der Waals surface area contributed by atoms with Gasteiger partial charge in [0.15, 0.2) is 0 Å². The van der Waals surface area contributed by atoms with Crippen LogP contribution in [-0.4, -0.2) is 37.1 Å². The molecule has 0 aliphatic carbocycles. The van der Waals surface area contributed by atoms with Crippen LogP contribution in [0.1, 0.15) is 22.8 Å². The summed E-state index contributed by atoms with van der Waals surface area (Å²) >= 11 is 3.60. The Labute approximate surface area is 263 Å². The Hall–Kier alpha value is -4.09. The molecule has 3 N–H and O–H groups in total. The van der Waals surface area contributed by atoms with Crippen LogP contribution in [0.25, 0.3) is 6.08 Å². The first-order chi connectivity index (χ1) is 20.2. The predicted octanol–water partition coefficient (Wildman–Crippen LogP) is 6.89. The molecule has 0 fully saturated rings. The number of amides is 3. The highest BCUT2D eigenvalue weighted by Gasteiger charge is 2.17. The summed E-state index contributed by atoms with van der Waals surface area (Å²) in [7, 11) is 3.90. The summed E-state index contributed by atoms with van der Waals surface area (Å²) in [6.07, 6.45) is 1.64. The summed E-state index contributed by atoms with van der Waals surface area (Å²) in [5.41, 5.74) is 3.60. The summed E-state index contributed by atoms with van der Waals surface area (Å²) in [6, 6.07) is 31.3. The molecule has 0 spiro atoms. The fraction of sp³-hybridized carbons (Fsp3) is 0.121. The van der Waals surface area contributed by atoms with Gasteiger partial charge in [0, 0.05) is 45.2 Å². The number of hydrogen-bond donors (Lipinski definition) is 3. The van der Waals surface area contributed by atoms with Crippen molar-refractivity contribution < 1.29 is 14.4 Å². The van der Waals surface area contributed by atoms with E-state index in [0.717, 1.165) is 25.4 Å². The minimum atomic E-state index is -0.470. The Balaban J connectivity index is 1.49. The molecule has 0 saturated heterocycles. The van der Waals surface area contributed by atoms with E-state index in [1.807, 2.05) is 92.6 Å². The summed E-state index contributed by atoms with van der Waals surface area (Å²) in [5.74, 6) is -0.980. The first-order valence-corrected chi connectivity index (χ1v) is 15.1. The van der Waals surface area contributed by atoms with Crippen molar-refractivity contribution in [3.63, 3.8) is 0 Å². The molecule has 0 saturated carbocycles. The molecule has 7 nitrogen and oxygen atoms in total. The van der Waals surface area contributed by atoms with Crippen LogP contribution < -0.4 is 20.9 Å². The lowest BCUT2D eigenvalue weighted by Crippen LogP contribution is -2.30. The first-order valence-electron chi connectivity index (χ1n) is 13.2. The predicted molar refractivity (Wildman–Crippen MR) is 181 cm³/mol. The van der Waals surface area contributed by atoms with Crippen molar-refractivity contribution in [3.05, 3.63) is 124 Å². The van der Waals surface area contributed by atoms with Gasteiger partial charge in [0.25, 0.3) is 11.8 Å². The molecule has 0 aromatic heterocycles. The third-order valence-corrected chi connectivity index (χ3v) is 7.95. The molecule has 0 heterocycles. The van der Waals surface area contributed by atoms with E-state index < -0.39 is 5.91 Å². The second kappa shape index (κ2) is 14.7. The molecular formula is C33H31IN4O3S. The van der Waals surface area contributed by atoms with Gasteiger partial charge in [-0.1, -0.05) is 36.4 Å². The number of carbonyl (C=O) groups is 3. The molecule has 0 aliphatic rings. The maximum absolute atomic E-state index is 13.5. The molecule has 4 aromatic rings. The maximum atomic E-state index is 13.5. The Bertz CT molecular complexity index is 1570. The number of hydrogen-bond acceptors (Lipinski definition) is 5. The number of benzene rings is 4. The van der Waals surface area contributed by atoms with Crippen LogP contribution >= 0.6 is 34.4 Å². The SMILES string of the molecule is CC(Sc1cccc(NC(=O)/C(=C\c2ccc(N(C)C)cc2)NC(=O)c2ccccc2)c1)C(=O)Nc1ccc(I)cc1. The van der Waals surface area contributed by atoms with E-state index >= 15 is 0 Å². The number of nitrogens with one attached hydrogen (secondary N) is 3. The van der Waals surface area contributed by atoms with Crippen molar-refractivity contribution in [1.29, 1.82) is 0 Å². The van der Waals surface area contributed by atoms with Crippen molar-refractivity contribution in [2.45, 2.75) is 17.1 Å². The van der Waals surface area contributed by atoms with Gasteiger partial charge < -0.3 is 20.9 Å². The maximum Gasteiger partial charge on any atom is 0.272 e. The Kier molecular flexibility index (Phi) is 10.8. The molecule has 4 rings (SSSR count). The molecular weight excluding hydrogens is 659 g/mol. The summed E-state index contributed by atoms with van der Waals surface area (Å²) in [6.45, 7) is 1.83. The van der Waals surface area contributed by atoms with Crippen molar-refractivity contribution >= 4 is 75.2 Å². The van der Waals surface area contributed by atoms with Gasteiger partial charge in [-0.25, -0.2) is 0 Å². The van der Waals surface area contributed by atoms with Crippen LogP contribution in [0, 0.1) is 3.57 Å². The molecule has 0 aliphatic heterocycles. The van der Waals surface area contributed by atoms with Gasteiger partial charge >= 0.3 is 0 Å². The third-order valence-electron chi connectivity index (χ3n) is 6.14. The van der Waals surface area contributed by atoms with E-state index in [4.69, 9.17) is 0 Å². The van der Waals surface area contributed by atoms with Crippen LogP contribution in [0.5, 0.6) is 0 Å². The topological polar surface area (TPSA) is 90.5 Å². The van der Waals surface area contributed by atoms with Crippen molar-refractivity contribution in [1.82, 2.24) is 5.32 Å². The van der Waals surface area contributed by atoms with Gasteiger partial charge in [-0.15, -0.1) is 11.8 Å². The number of halogens is 1. The van der Waals surface area contributed by atoms with Crippen LogP contribution in [0.2, 0.25) is 0 Å². The smallest absolute Gasteiger partial charge is 0.272 e. The summed E-state index contributed by atoms with van der Waals surface area (Å²) in [4.78, 5) is 42.0. The zero-order valence-electron chi connectivity index (χ0n) is 23.4. The van der Waals surface area contributed by atoms with E-state index in [-0.39, 0.29) is 22.8 Å². The molecule has 0 radical (unpaired) electrons. The third kappa shape index (κ3) is 8.95. The van der Waals surface area contributed by atoms with Gasteiger partial charge in [0.1, 0.15) is 5.70 Å². The van der Waals surface area contributed by atoms with Gasteiger partial charge in [0.2, 0.25) is 5.91 Å². The van der Waals surface area contributed by atoms with E-state index in [2.05, 4.69) is 38.5 Å². The van der Waals surface area contributed by atoms with Crippen LogP contribution in [0.3, 0.4) is 0 Å². The Morgan fingerprint density at radius 1 is 0.810 bits per heavy atom. The van der Waals surface area contributed by atoms with Crippen molar-refractivity contribution in [2.24, 2.45) is 0 Å². The average molecular weight is 691 g/mol. The van der Waals surface area contributed by atoms with E-state index in [1.54, 1.807) is 42.5 Å². The van der Waals surface area contributed by atoms with Crippen LogP contribution in [0.15, 0.2) is 114 Å². The van der Waals surface area contributed by atoms with Crippen LogP contribution in [-0.2, 0) is 9.59 Å². The lowest BCUT2D eigenvalue weighted by molar-refractivity contribution is -0.115. The van der Waals surface area contributed by atoms with Crippen molar-refractivity contribution in [3.8, 4) is 0 Å². The summed E-state index contributed by atoms with van der Waals surface area (Å²) in [5, 5.41) is 8.22. The highest BCUT2D eigenvalue weighted by Crippen LogP contribution is 2.27. The van der Waals surface area contributed by atoms with Gasteiger partial charge in [0.05, 0.1) is 5.25 Å². The number of rotatable bonds is 10. The number of carbonyl (C=O) groups excluding carboxylic acids is 3. The number of thioether (sulfide) groups is 1. The molecule has 1 atom stereocenters. The second-order valence-corrected chi connectivity index (χ2v) is 12.3. The molecule has 1 unspecified atom stereocenters. The summed E-state index contributed by atoms with van der Waals surface area (Å²) < 4.78 is 1.09. The average Bonchev–Trinajstić information content (AvgIpc) is 2.98. The van der Waals surface area contributed by atoms with E-state index in [0.29, 0.717) is 11.3 Å². The van der Waals surface area contributed by atoms with Gasteiger partial charge in [-0.3, -0.25) is 14.4 Å². The van der Waals surface area contributed by atoms with Gasteiger partial charge in [-0.2, -0.15) is 0 Å².